The van der Waals surface area contributed by atoms with E-state index in [0.717, 1.165) is 5.41 Å². The second-order valence-electron chi connectivity index (χ2n) is 2.51. The number of carboxylic acid groups (broad SMARTS) is 1. The Morgan fingerprint density at radius 2 is 1.93 bits per heavy atom. The van der Waals surface area contributed by atoms with Crippen molar-refractivity contribution in [3.63, 3.8) is 0 Å². The van der Waals surface area contributed by atoms with Crippen molar-refractivity contribution < 1.29 is 18.3 Å². The van der Waals surface area contributed by atoms with Crippen LogP contribution in [0.15, 0.2) is 41.1 Å². The van der Waals surface area contributed by atoms with E-state index in [0.29, 0.717) is 0 Å². The lowest BCUT2D eigenvalue weighted by Gasteiger charge is -2.02. The van der Waals surface area contributed by atoms with Crippen molar-refractivity contribution in [3.05, 3.63) is 41.8 Å². The van der Waals surface area contributed by atoms with Crippen molar-refractivity contribution in [2.75, 3.05) is 0 Å². The summed E-state index contributed by atoms with van der Waals surface area (Å²) >= 11 is 0. The number of carbonyl (C=O) groups is 1. The minimum atomic E-state index is -3.69. The number of hydrogen-bond donors (Lipinski definition) is 1. The van der Waals surface area contributed by atoms with Crippen LogP contribution in [-0.2, 0) is 9.84 Å². The first-order valence-corrected chi connectivity index (χ1v) is 5.23. The molecule has 0 saturated carbocycles. The van der Waals surface area contributed by atoms with Crippen molar-refractivity contribution in [2.45, 2.75) is 4.90 Å². The maximum Gasteiger partial charge on any atom is 0.337 e. The third-order valence-electron chi connectivity index (χ3n) is 1.64. The van der Waals surface area contributed by atoms with Gasteiger partial charge in [0, 0.05) is 5.41 Å². The smallest absolute Gasteiger partial charge is 0.337 e. The second-order valence-corrected chi connectivity index (χ2v) is 4.38. The highest BCUT2D eigenvalue weighted by Crippen LogP contribution is 2.17. The maximum atomic E-state index is 11.3. The van der Waals surface area contributed by atoms with Gasteiger partial charge < -0.3 is 5.11 Å². The van der Waals surface area contributed by atoms with E-state index in [1.165, 1.54) is 24.3 Å². The third kappa shape index (κ3) is 1.82. The largest absolute Gasteiger partial charge is 0.478 e. The molecule has 0 saturated heterocycles. The molecule has 1 N–H and O–H groups in total. The first-order valence-electron chi connectivity index (χ1n) is 3.69. The molecule has 0 unspecified atom stereocenters. The minimum absolute atomic E-state index is 0.234. The second kappa shape index (κ2) is 3.63. The van der Waals surface area contributed by atoms with Gasteiger partial charge in [0.2, 0.25) is 0 Å². The average Bonchev–Trinajstić information content (AvgIpc) is 2.18. The molecule has 1 aromatic carbocycles. The van der Waals surface area contributed by atoms with Crippen LogP contribution in [-0.4, -0.2) is 19.5 Å². The van der Waals surface area contributed by atoms with Gasteiger partial charge in [-0.05, 0) is 12.1 Å². The molecule has 0 heterocycles. The van der Waals surface area contributed by atoms with Crippen molar-refractivity contribution in [1.82, 2.24) is 0 Å². The first kappa shape index (κ1) is 10.5. The minimum Gasteiger partial charge on any atom is -0.478 e. The number of rotatable bonds is 3. The lowest BCUT2D eigenvalue weighted by molar-refractivity contribution is 0.0692. The van der Waals surface area contributed by atoms with E-state index in [9.17, 15) is 13.2 Å². The normalized spacial score (nSPS) is 10.9. The van der Waals surface area contributed by atoms with Crippen LogP contribution in [0.3, 0.4) is 0 Å². The van der Waals surface area contributed by atoms with Crippen LogP contribution in [0.1, 0.15) is 10.4 Å². The van der Waals surface area contributed by atoms with Crippen LogP contribution in [0.2, 0.25) is 0 Å². The van der Waals surface area contributed by atoms with Gasteiger partial charge in [-0.2, -0.15) is 0 Å². The van der Waals surface area contributed by atoms with Gasteiger partial charge in [-0.25, -0.2) is 13.2 Å². The number of hydrogen-bond acceptors (Lipinski definition) is 3. The molecule has 1 aromatic rings. The van der Waals surface area contributed by atoms with E-state index < -0.39 is 15.8 Å². The zero-order chi connectivity index (χ0) is 10.8. The average molecular weight is 212 g/mol. The molecule has 0 fully saturated rings. The van der Waals surface area contributed by atoms with Gasteiger partial charge >= 0.3 is 5.97 Å². The maximum absolute atomic E-state index is 11.3. The molecule has 0 aliphatic carbocycles. The Morgan fingerprint density at radius 1 is 1.36 bits per heavy atom. The van der Waals surface area contributed by atoms with E-state index in [2.05, 4.69) is 6.58 Å². The Labute approximate surface area is 81.4 Å². The van der Waals surface area contributed by atoms with Crippen LogP contribution < -0.4 is 0 Å². The molecule has 0 radical (unpaired) electrons. The molecule has 0 atom stereocenters. The van der Waals surface area contributed by atoms with Crippen molar-refractivity contribution in [3.8, 4) is 0 Å². The predicted molar refractivity (Wildman–Crippen MR) is 50.8 cm³/mol. The molecular weight excluding hydrogens is 204 g/mol. The predicted octanol–water partition coefficient (Wildman–Crippen LogP) is 1.30. The zero-order valence-corrected chi connectivity index (χ0v) is 7.99. The Balaban J connectivity index is 3.50. The van der Waals surface area contributed by atoms with E-state index in [1.807, 2.05) is 0 Å². The fourth-order valence-electron chi connectivity index (χ4n) is 0.981. The van der Waals surface area contributed by atoms with E-state index >= 15 is 0 Å². The molecule has 5 heteroatoms. The molecule has 74 valence electrons. The summed E-state index contributed by atoms with van der Waals surface area (Å²) in [4.78, 5) is 10.5. The van der Waals surface area contributed by atoms with Gasteiger partial charge in [-0.3, -0.25) is 0 Å². The van der Waals surface area contributed by atoms with Crippen LogP contribution in [0, 0.1) is 0 Å². The number of benzene rings is 1. The summed E-state index contributed by atoms with van der Waals surface area (Å²) in [5.74, 6) is -1.27. The fraction of sp³-hybridized carbons (Fsp3) is 0. The van der Waals surface area contributed by atoms with Crippen molar-refractivity contribution in [1.29, 1.82) is 0 Å². The number of aromatic carboxylic acids is 1. The fourth-order valence-corrected chi connectivity index (χ4v) is 1.89. The SMILES string of the molecule is C=CS(=O)(=O)c1ccccc1C(=O)O. The molecular formula is C9H8O4S. The van der Waals surface area contributed by atoms with Crippen LogP contribution >= 0.6 is 0 Å². The molecule has 0 aromatic heterocycles. The Bertz CT molecular complexity index is 473. The zero-order valence-electron chi connectivity index (χ0n) is 7.17. The monoisotopic (exact) mass is 212 g/mol. The highest BCUT2D eigenvalue weighted by Gasteiger charge is 2.18. The van der Waals surface area contributed by atoms with Gasteiger partial charge in [0.25, 0.3) is 0 Å². The van der Waals surface area contributed by atoms with Crippen molar-refractivity contribution in [2.24, 2.45) is 0 Å². The Hall–Kier alpha value is -1.62. The van der Waals surface area contributed by atoms with Gasteiger partial charge in [0.05, 0.1) is 10.5 Å². The number of sulfone groups is 1. The molecule has 0 bridgehead atoms. The Morgan fingerprint density at radius 3 is 2.43 bits per heavy atom. The highest BCUT2D eigenvalue weighted by atomic mass is 32.2. The van der Waals surface area contributed by atoms with Crippen LogP contribution in [0.25, 0.3) is 0 Å². The molecule has 1 rings (SSSR count). The third-order valence-corrected chi connectivity index (χ3v) is 3.05. The standard InChI is InChI=1S/C9H8O4S/c1-2-14(12,13)8-6-4-3-5-7(8)9(10)11/h2-6H,1H2,(H,10,11). The summed E-state index contributed by atoms with van der Waals surface area (Å²) in [6, 6.07) is 5.40. The summed E-state index contributed by atoms with van der Waals surface area (Å²) in [6.07, 6.45) is 0. The summed E-state index contributed by atoms with van der Waals surface area (Å²) in [5, 5.41) is 9.46. The van der Waals surface area contributed by atoms with Crippen molar-refractivity contribution >= 4 is 15.8 Å². The summed E-state index contributed by atoms with van der Waals surface area (Å²) in [7, 11) is -3.69. The summed E-state index contributed by atoms with van der Waals surface area (Å²) < 4.78 is 22.7. The van der Waals surface area contributed by atoms with Gasteiger partial charge in [-0.1, -0.05) is 18.7 Å². The Kier molecular flexibility index (Phi) is 2.71. The molecule has 0 aliphatic rings. The molecule has 0 aliphatic heterocycles. The molecule has 4 nitrogen and oxygen atoms in total. The summed E-state index contributed by atoms with van der Waals surface area (Å²) in [6.45, 7) is 3.13. The topological polar surface area (TPSA) is 71.4 Å². The lowest BCUT2D eigenvalue weighted by Crippen LogP contribution is -2.06. The van der Waals surface area contributed by atoms with Gasteiger partial charge in [-0.15, -0.1) is 0 Å². The molecule has 0 spiro atoms. The van der Waals surface area contributed by atoms with E-state index in [4.69, 9.17) is 5.11 Å². The van der Waals surface area contributed by atoms with E-state index in [-0.39, 0.29) is 10.5 Å². The first-order chi connectivity index (χ1) is 6.49. The van der Waals surface area contributed by atoms with Gasteiger partial charge in [0.1, 0.15) is 0 Å². The van der Waals surface area contributed by atoms with Crippen LogP contribution in [0.4, 0.5) is 0 Å². The number of carboxylic acids is 1. The molecule has 14 heavy (non-hydrogen) atoms. The lowest BCUT2D eigenvalue weighted by atomic mass is 10.2. The quantitative estimate of drug-likeness (QED) is 0.819. The summed E-state index contributed by atoms with van der Waals surface area (Å²) in [5.41, 5.74) is -0.243. The molecule has 0 amide bonds. The highest BCUT2D eigenvalue weighted by molar-refractivity contribution is 7.94. The van der Waals surface area contributed by atoms with E-state index in [1.54, 1.807) is 0 Å². The van der Waals surface area contributed by atoms with Crippen LogP contribution in [0.5, 0.6) is 0 Å². The van der Waals surface area contributed by atoms with Gasteiger partial charge in [0.15, 0.2) is 9.84 Å².